The van der Waals surface area contributed by atoms with Gasteiger partial charge in [-0.05, 0) is 26.7 Å². The van der Waals surface area contributed by atoms with E-state index in [1.165, 1.54) is 0 Å². The molecule has 4 atom stereocenters. The molecule has 92 valence electrons. The number of rotatable bonds is 4. The number of hydrogen-bond acceptors (Lipinski definition) is 3. The monoisotopic (exact) mass is 226 g/mol. The van der Waals surface area contributed by atoms with Gasteiger partial charge in [0.05, 0.1) is 18.3 Å². The van der Waals surface area contributed by atoms with Crippen molar-refractivity contribution in [2.75, 3.05) is 6.61 Å². The molecule has 2 N–H and O–H groups in total. The molecule has 0 unspecified atom stereocenters. The maximum atomic E-state index is 10.1. The van der Waals surface area contributed by atoms with Crippen molar-refractivity contribution < 1.29 is 14.9 Å². The molecule has 0 radical (unpaired) electrons. The van der Waals surface area contributed by atoms with E-state index >= 15 is 0 Å². The molecule has 16 heavy (non-hydrogen) atoms. The highest BCUT2D eigenvalue weighted by Crippen LogP contribution is 2.37. The van der Waals surface area contributed by atoms with E-state index in [9.17, 15) is 10.2 Å². The molecule has 1 rings (SSSR count). The molecule has 3 heteroatoms. The standard InChI is InChI=1S/C13H22O3/c1-5-8-16-13(4)7-6-10(9(2)3)11(14)12(13)15/h5,10-12,14-15H,1-2,6-8H2,3-4H3/t10-,11-,12+,13+/m1/s1. The van der Waals surface area contributed by atoms with Crippen molar-refractivity contribution in [1.29, 1.82) is 0 Å². The molecule has 3 nitrogen and oxygen atoms in total. The van der Waals surface area contributed by atoms with Gasteiger partial charge < -0.3 is 14.9 Å². The highest BCUT2D eigenvalue weighted by Gasteiger charge is 2.46. The fourth-order valence-electron chi connectivity index (χ4n) is 2.29. The van der Waals surface area contributed by atoms with E-state index in [1.54, 1.807) is 6.08 Å². The molecule has 0 spiro atoms. The lowest BCUT2D eigenvalue weighted by atomic mass is 9.73. The molecular weight excluding hydrogens is 204 g/mol. The highest BCUT2D eigenvalue weighted by atomic mass is 16.5. The third kappa shape index (κ3) is 2.54. The van der Waals surface area contributed by atoms with Gasteiger partial charge in [-0.1, -0.05) is 18.2 Å². The van der Waals surface area contributed by atoms with Crippen LogP contribution in [0, 0.1) is 5.92 Å². The molecule has 0 aromatic rings. The van der Waals surface area contributed by atoms with Gasteiger partial charge in [-0.25, -0.2) is 0 Å². The van der Waals surface area contributed by atoms with Crippen LogP contribution in [-0.2, 0) is 4.74 Å². The van der Waals surface area contributed by atoms with Gasteiger partial charge in [-0.2, -0.15) is 0 Å². The Kier molecular flexibility index (Phi) is 4.30. The zero-order valence-corrected chi connectivity index (χ0v) is 10.1. The summed E-state index contributed by atoms with van der Waals surface area (Å²) < 4.78 is 5.57. The Labute approximate surface area is 97.4 Å². The van der Waals surface area contributed by atoms with Crippen molar-refractivity contribution in [2.24, 2.45) is 5.92 Å². The van der Waals surface area contributed by atoms with E-state index in [0.717, 1.165) is 18.4 Å². The second kappa shape index (κ2) is 5.13. The third-order valence-electron chi connectivity index (χ3n) is 3.48. The van der Waals surface area contributed by atoms with Crippen LogP contribution in [0.1, 0.15) is 26.7 Å². The fraction of sp³-hybridized carbons (Fsp3) is 0.692. The van der Waals surface area contributed by atoms with Crippen LogP contribution in [0.15, 0.2) is 24.8 Å². The molecular formula is C13H22O3. The van der Waals surface area contributed by atoms with Gasteiger partial charge in [-0.15, -0.1) is 6.58 Å². The summed E-state index contributed by atoms with van der Waals surface area (Å²) in [5.41, 5.74) is 0.233. The topological polar surface area (TPSA) is 49.7 Å². The second-order valence-electron chi connectivity index (χ2n) is 4.84. The summed E-state index contributed by atoms with van der Waals surface area (Å²) in [6, 6.07) is 0. The van der Waals surface area contributed by atoms with E-state index in [2.05, 4.69) is 13.2 Å². The molecule has 0 saturated heterocycles. The quantitative estimate of drug-likeness (QED) is 0.717. The number of aliphatic hydroxyl groups is 2. The average Bonchev–Trinajstić information content (AvgIpc) is 2.23. The molecule has 0 aromatic carbocycles. The normalized spacial score (nSPS) is 39.4. The fourth-order valence-corrected chi connectivity index (χ4v) is 2.29. The Morgan fingerprint density at radius 3 is 2.69 bits per heavy atom. The Bertz CT molecular complexity index is 274. The second-order valence-corrected chi connectivity index (χ2v) is 4.84. The first-order chi connectivity index (χ1) is 7.42. The van der Waals surface area contributed by atoms with Crippen LogP contribution in [0.5, 0.6) is 0 Å². The number of hydrogen-bond donors (Lipinski definition) is 2. The molecule has 0 amide bonds. The summed E-state index contributed by atoms with van der Waals surface area (Å²) in [4.78, 5) is 0. The van der Waals surface area contributed by atoms with Crippen LogP contribution in [0.2, 0.25) is 0 Å². The predicted octanol–water partition coefficient (Wildman–Crippen LogP) is 1.66. The Hall–Kier alpha value is -0.640. The summed E-state index contributed by atoms with van der Waals surface area (Å²) in [6.07, 6.45) is 1.50. The SMILES string of the molecule is C=CCO[C@@]1(C)CC[C@H](C(=C)C)[C@@H](O)[C@@H]1O. The lowest BCUT2D eigenvalue weighted by Crippen LogP contribution is -2.55. The van der Waals surface area contributed by atoms with Gasteiger partial charge in [-0.3, -0.25) is 0 Å². The van der Waals surface area contributed by atoms with Gasteiger partial charge in [0, 0.05) is 5.92 Å². The molecule has 1 saturated carbocycles. The highest BCUT2D eigenvalue weighted by molar-refractivity contribution is 5.08. The summed E-state index contributed by atoms with van der Waals surface area (Å²) in [5, 5.41) is 20.1. The minimum Gasteiger partial charge on any atom is -0.390 e. The van der Waals surface area contributed by atoms with Gasteiger partial charge >= 0.3 is 0 Å². The van der Waals surface area contributed by atoms with Crippen molar-refractivity contribution in [2.45, 2.75) is 44.5 Å². The van der Waals surface area contributed by atoms with Gasteiger partial charge in [0.15, 0.2) is 0 Å². The zero-order chi connectivity index (χ0) is 12.3. The average molecular weight is 226 g/mol. The van der Waals surface area contributed by atoms with Crippen molar-refractivity contribution in [3.8, 4) is 0 Å². The van der Waals surface area contributed by atoms with Crippen molar-refractivity contribution in [1.82, 2.24) is 0 Å². The van der Waals surface area contributed by atoms with Gasteiger partial charge in [0.2, 0.25) is 0 Å². The van der Waals surface area contributed by atoms with E-state index in [-0.39, 0.29) is 5.92 Å². The van der Waals surface area contributed by atoms with Gasteiger partial charge in [0.25, 0.3) is 0 Å². The number of ether oxygens (including phenoxy) is 1. The van der Waals surface area contributed by atoms with E-state index in [0.29, 0.717) is 6.61 Å². The summed E-state index contributed by atoms with van der Waals surface area (Å²) in [5.74, 6) is -0.0320. The van der Waals surface area contributed by atoms with Crippen LogP contribution >= 0.6 is 0 Å². The van der Waals surface area contributed by atoms with Crippen molar-refractivity contribution in [3.05, 3.63) is 24.8 Å². The first kappa shape index (κ1) is 13.4. The smallest absolute Gasteiger partial charge is 0.109 e. The van der Waals surface area contributed by atoms with Gasteiger partial charge in [0.1, 0.15) is 6.10 Å². The summed E-state index contributed by atoms with van der Waals surface area (Å²) in [7, 11) is 0. The Morgan fingerprint density at radius 2 is 2.19 bits per heavy atom. The number of aliphatic hydroxyl groups excluding tert-OH is 2. The first-order valence-corrected chi connectivity index (χ1v) is 5.69. The molecule has 0 bridgehead atoms. The van der Waals surface area contributed by atoms with E-state index in [1.807, 2.05) is 13.8 Å². The maximum absolute atomic E-state index is 10.1. The van der Waals surface area contributed by atoms with Crippen LogP contribution in [-0.4, -0.2) is 34.6 Å². The Morgan fingerprint density at radius 1 is 1.56 bits per heavy atom. The van der Waals surface area contributed by atoms with Crippen LogP contribution in [0.25, 0.3) is 0 Å². The molecule has 0 aliphatic heterocycles. The summed E-state index contributed by atoms with van der Waals surface area (Å²) in [6.45, 7) is 11.5. The molecule has 0 heterocycles. The third-order valence-corrected chi connectivity index (χ3v) is 3.48. The minimum absolute atomic E-state index is 0.0320. The lowest BCUT2D eigenvalue weighted by molar-refractivity contribution is -0.177. The predicted molar refractivity (Wildman–Crippen MR) is 64.1 cm³/mol. The molecule has 1 aliphatic carbocycles. The summed E-state index contributed by atoms with van der Waals surface area (Å²) >= 11 is 0. The van der Waals surface area contributed by atoms with Crippen LogP contribution in [0.4, 0.5) is 0 Å². The van der Waals surface area contributed by atoms with Crippen LogP contribution in [0.3, 0.4) is 0 Å². The molecule has 1 aliphatic rings. The zero-order valence-electron chi connectivity index (χ0n) is 10.1. The van der Waals surface area contributed by atoms with E-state index < -0.39 is 17.8 Å². The van der Waals surface area contributed by atoms with Crippen molar-refractivity contribution in [3.63, 3.8) is 0 Å². The lowest BCUT2D eigenvalue weighted by Gasteiger charge is -2.44. The molecule has 0 aromatic heterocycles. The van der Waals surface area contributed by atoms with E-state index in [4.69, 9.17) is 4.74 Å². The van der Waals surface area contributed by atoms with Crippen molar-refractivity contribution >= 4 is 0 Å². The molecule has 1 fully saturated rings. The maximum Gasteiger partial charge on any atom is 0.109 e. The minimum atomic E-state index is -0.872. The largest absolute Gasteiger partial charge is 0.390 e. The first-order valence-electron chi connectivity index (χ1n) is 5.69. The Balaban J connectivity index is 2.73. The van der Waals surface area contributed by atoms with Crippen LogP contribution < -0.4 is 0 Å².